The molecule has 1 aliphatic heterocycles. The maximum absolute atomic E-state index is 11.7. The van der Waals surface area contributed by atoms with Crippen molar-refractivity contribution in [2.45, 2.75) is 32.2 Å². The molecule has 1 aromatic rings. The maximum Gasteiger partial charge on any atom is 0.242 e. The van der Waals surface area contributed by atoms with Gasteiger partial charge in [0, 0.05) is 6.54 Å². The second-order valence-corrected chi connectivity index (χ2v) is 4.42. The number of piperidine rings is 1. The van der Waals surface area contributed by atoms with Crippen molar-refractivity contribution in [3.63, 3.8) is 0 Å². The lowest BCUT2D eigenvalue weighted by atomic mass is 10.1. The summed E-state index contributed by atoms with van der Waals surface area (Å²) in [5.41, 5.74) is 6.28. The number of nitrogen functional groups attached to an aromatic ring is 1. The third-order valence-corrected chi connectivity index (χ3v) is 2.89. The van der Waals surface area contributed by atoms with E-state index in [1.165, 1.54) is 6.33 Å². The Balaban J connectivity index is 2.09. The van der Waals surface area contributed by atoms with Crippen molar-refractivity contribution in [3.8, 4) is 5.88 Å². The van der Waals surface area contributed by atoms with Crippen LogP contribution in [0.15, 0.2) is 6.33 Å². The number of nitrogens with zero attached hydrogens (tertiary/aromatic N) is 2. The van der Waals surface area contributed by atoms with Gasteiger partial charge in [0.2, 0.25) is 11.8 Å². The summed E-state index contributed by atoms with van der Waals surface area (Å²) in [6, 6.07) is -0.301. The van der Waals surface area contributed by atoms with E-state index in [9.17, 15) is 4.79 Å². The lowest BCUT2D eigenvalue weighted by Crippen LogP contribution is -2.44. The van der Waals surface area contributed by atoms with Crippen LogP contribution in [0, 0.1) is 0 Å². The summed E-state index contributed by atoms with van der Waals surface area (Å²) < 4.78 is 5.43. The monoisotopic (exact) mass is 265 g/mol. The summed E-state index contributed by atoms with van der Waals surface area (Å²) in [7, 11) is 0. The number of hydrogen-bond acceptors (Lipinski definition) is 6. The molecule has 1 aliphatic rings. The Kier molecular flexibility index (Phi) is 4.38. The SMILES string of the molecule is CCCOc1ncnc(NC2CCCNC2=O)c1N. The number of carbonyl (C=O) groups excluding carboxylic acids is 1. The van der Waals surface area contributed by atoms with Crippen LogP contribution in [0.25, 0.3) is 0 Å². The fraction of sp³-hybridized carbons (Fsp3) is 0.583. The molecule has 1 saturated heterocycles. The molecule has 0 saturated carbocycles. The number of hydrogen-bond donors (Lipinski definition) is 3. The number of ether oxygens (including phenoxy) is 1. The molecule has 1 amide bonds. The maximum atomic E-state index is 11.7. The Morgan fingerprint density at radius 2 is 2.42 bits per heavy atom. The highest BCUT2D eigenvalue weighted by molar-refractivity contribution is 5.86. The van der Waals surface area contributed by atoms with Crippen LogP contribution < -0.4 is 21.1 Å². The van der Waals surface area contributed by atoms with Crippen molar-refractivity contribution in [2.24, 2.45) is 0 Å². The summed E-state index contributed by atoms with van der Waals surface area (Å²) in [5.74, 6) is 0.777. The van der Waals surface area contributed by atoms with Gasteiger partial charge in [0.15, 0.2) is 5.82 Å². The molecule has 0 bridgehead atoms. The summed E-state index contributed by atoms with van der Waals surface area (Å²) in [4.78, 5) is 19.7. The smallest absolute Gasteiger partial charge is 0.242 e. The molecule has 0 radical (unpaired) electrons. The lowest BCUT2D eigenvalue weighted by molar-refractivity contribution is -0.123. The van der Waals surface area contributed by atoms with E-state index in [1.54, 1.807) is 0 Å². The topological polar surface area (TPSA) is 102 Å². The van der Waals surface area contributed by atoms with E-state index in [0.717, 1.165) is 25.8 Å². The second-order valence-electron chi connectivity index (χ2n) is 4.42. The zero-order chi connectivity index (χ0) is 13.7. The average molecular weight is 265 g/mol. The van der Waals surface area contributed by atoms with Gasteiger partial charge in [-0.2, -0.15) is 4.98 Å². The number of anilines is 2. The van der Waals surface area contributed by atoms with Gasteiger partial charge in [0.25, 0.3) is 0 Å². The first kappa shape index (κ1) is 13.4. The van der Waals surface area contributed by atoms with E-state index in [-0.39, 0.29) is 11.9 Å². The standard InChI is InChI=1S/C12H19N5O2/c1-2-6-19-12-9(13)10(15-7-16-12)17-8-4-3-5-14-11(8)18/h7-8H,2-6,13H2,1H3,(H,14,18)(H,15,16,17). The van der Waals surface area contributed by atoms with Gasteiger partial charge >= 0.3 is 0 Å². The van der Waals surface area contributed by atoms with E-state index < -0.39 is 0 Å². The van der Waals surface area contributed by atoms with Gasteiger partial charge in [0.05, 0.1) is 6.61 Å². The Bertz CT molecular complexity index is 452. The first-order valence-electron chi connectivity index (χ1n) is 6.50. The predicted octanol–water partition coefficient (Wildman–Crippen LogP) is 0.538. The van der Waals surface area contributed by atoms with Gasteiger partial charge in [0.1, 0.15) is 18.1 Å². The van der Waals surface area contributed by atoms with Crippen LogP contribution in [0.3, 0.4) is 0 Å². The molecule has 7 heteroatoms. The number of carbonyl (C=O) groups is 1. The van der Waals surface area contributed by atoms with E-state index in [2.05, 4.69) is 20.6 Å². The Morgan fingerprint density at radius 1 is 1.58 bits per heavy atom. The minimum atomic E-state index is -0.301. The number of amides is 1. The van der Waals surface area contributed by atoms with Crippen molar-refractivity contribution < 1.29 is 9.53 Å². The van der Waals surface area contributed by atoms with E-state index in [0.29, 0.717) is 24.0 Å². The minimum absolute atomic E-state index is 0.0275. The molecule has 19 heavy (non-hydrogen) atoms. The van der Waals surface area contributed by atoms with Crippen molar-refractivity contribution in [2.75, 3.05) is 24.2 Å². The molecule has 1 atom stereocenters. The predicted molar refractivity (Wildman–Crippen MR) is 71.9 cm³/mol. The van der Waals surface area contributed by atoms with E-state index >= 15 is 0 Å². The van der Waals surface area contributed by atoms with Gasteiger partial charge in [-0.1, -0.05) is 6.92 Å². The molecule has 2 rings (SSSR count). The molecule has 1 fully saturated rings. The fourth-order valence-corrected chi connectivity index (χ4v) is 1.88. The zero-order valence-electron chi connectivity index (χ0n) is 11.0. The number of rotatable bonds is 5. The number of aromatic nitrogens is 2. The summed E-state index contributed by atoms with van der Waals surface area (Å²) >= 11 is 0. The third kappa shape index (κ3) is 3.24. The molecule has 0 aliphatic carbocycles. The van der Waals surface area contributed by atoms with Crippen molar-refractivity contribution in [1.29, 1.82) is 0 Å². The largest absolute Gasteiger partial charge is 0.476 e. The summed E-state index contributed by atoms with van der Waals surface area (Å²) in [6.07, 6.45) is 3.95. The first-order valence-corrected chi connectivity index (χ1v) is 6.50. The Labute approximate surface area is 111 Å². The summed E-state index contributed by atoms with van der Waals surface area (Å²) in [6.45, 7) is 3.27. The Hall–Kier alpha value is -2.05. The zero-order valence-corrected chi connectivity index (χ0v) is 11.0. The van der Waals surface area contributed by atoms with Crippen LogP contribution in [0.5, 0.6) is 5.88 Å². The first-order chi connectivity index (χ1) is 9.22. The second kappa shape index (κ2) is 6.21. The highest BCUT2D eigenvalue weighted by atomic mass is 16.5. The van der Waals surface area contributed by atoms with Crippen LogP contribution in [-0.4, -0.2) is 35.1 Å². The minimum Gasteiger partial charge on any atom is -0.476 e. The van der Waals surface area contributed by atoms with Gasteiger partial charge < -0.3 is 21.1 Å². The molecule has 0 aromatic carbocycles. The van der Waals surface area contributed by atoms with Crippen LogP contribution in [0.2, 0.25) is 0 Å². The third-order valence-electron chi connectivity index (χ3n) is 2.89. The number of nitrogens with two attached hydrogens (primary N) is 1. The molecular formula is C12H19N5O2. The lowest BCUT2D eigenvalue weighted by Gasteiger charge is -2.23. The van der Waals surface area contributed by atoms with Crippen molar-refractivity contribution >= 4 is 17.4 Å². The highest BCUT2D eigenvalue weighted by Crippen LogP contribution is 2.26. The summed E-state index contributed by atoms with van der Waals surface area (Å²) in [5, 5.41) is 5.85. The van der Waals surface area contributed by atoms with Gasteiger partial charge in [-0.3, -0.25) is 4.79 Å². The quantitative estimate of drug-likeness (QED) is 0.718. The van der Waals surface area contributed by atoms with Crippen LogP contribution in [0.1, 0.15) is 26.2 Å². The van der Waals surface area contributed by atoms with Gasteiger partial charge in [-0.15, -0.1) is 0 Å². The molecule has 0 spiro atoms. The molecule has 104 valence electrons. The van der Waals surface area contributed by atoms with Crippen molar-refractivity contribution in [1.82, 2.24) is 15.3 Å². The van der Waals surface area contributed by atoms with Crippen LogP contribution >= 0.6 is 0 Å². The molecule has 7 nitrogen and oxygen atoms in total. The van der Waals surface area contributed by atoms with Crippen LogP contribution in [-0.2, 0) is 4.79 Å². The average Bonchev–Trinajstić information content (AvgIpc) is 2.42. The highest BCUT2D eigenvalue weighted by Gasteiger charge is 2.23. The van der Waals surface area contributed by atoms with E-state index in [4.69, 9.17) is 10.5 Å². The molecular weight excluding hydrogens is 246 g/mol. The molecule has 1 unspecified atom stereocenters. The number of nitrogens with one attached hydrogen (secondary N) is 2. The van der Waals surface area contributed by atoms with Gasteiger partial charge in [-0.25, -0.2) is 4.98 Å². The van der Waals surface area contributed by atoms with Crippen LogP contribution in [0.4, 0.5) is 11.5 Å². The molecule has 2 heterocycles. The normalized spacial score (nSPS) is 18.8. The fourth-order valence-electron chi connectivity index (χ4n) is 1.88. The Morgan fingerprint density at radius 3 is 3.16 bits per heavy atom. The van der Waals surface area contributed by atoms with E-state index in [1.807, 2.05) is 6.92 Å². The van der Waals surface area contributed by atoms with Crippen molar-refractivity contribution in [3.05, 3.63) is 6.33 Å². The van der Waals surface area contributed by atoms with Gasteiger partial charge in [-0.05, 0) is 19.3 Å². The molecule has 4 N–H and O–H groups in total. The molecule has 1 aromatic heterocycles.